The number of benzene rings is 1. The van der Waals surface area contributed by atoms with Gasteiger partial charge >= 0.3 is 0 Å². The van der Waals surface area contributed by atoms with Gasteiger partial charge in [0.1, 0.15) is 13.2 Å². The molecule has 1 fully saturated rings. The molecule has 1 unspecified atom stereocenters. The number of nitrogens with zero attached hydrogens (tertiary/aromatic N) is 1. The van der Waals surface area contributed by atoms with Crippen LogP contribution in [0.4, 0.5) is 5.69 Å². The van der Waals surface area contributed by atoms with Crippen LogP contribution >= 0.6 is 11.8 Å². The van der Waals surface area contributed by atoms with Crippen molar-refractivity contribution in [2.45, 2.75) is 19.0 Å². The van der Waals surface area contributed by atoms with Crippen LogP contribution in [0.25, 0.3) is 0 Å². The molecule has 0 radical (unpaired) electrons. The molecule has 0 aromatic heterocycles. The Hall–Kier alpha value is -1.07. The molecular formula is C14H20N2O2S. The van der Waals surface area contributed by atoms with E-state index in [1.807, 2.05) is 23.9 Å². The average Bonchev–Trinajstić information content (AvgIpc) is 2.93. The second-order valence-electron chi connectivity index (χ2n) is 5.13. The minimum absolute atomic E-state index is 0.602. The summed E-state index contributed by atoms with van der Waals surface area (Å²) in [5.74, 6) is 4.09. The zero-order valence-electron chi connectivity index (χ0n) is 11.2. The first-order valence-electron chi connectivity index (χ1n) is 6.70. The Bertz CT molecular complexity index is 461. The molecule has 1 aromatic carbocycles. The van der Waals surface area contributed by atoms with Gasteiger partial charge in [0.05, 0.1) is 0 Å². The van der Waals surface area contributed by atoms with Gasteiger partial charge in [-0.1, -0.05) is 0 Å². The predicted molar refractivity (Wildman–Crippen MR) is 79.0 cm³/mol. The van der Waals surface area contributed by atoms with Crippen LogP contribution in [0.2, 0.25) is 0 Å². The van der Waals surface area contributed by atoms with Crippen LogP contribution in [-0.2, 0) is 6.54 Å². The summed E-state index contributed by atoms with van der Waals surface area (Å²) in [6, 6.07) is 4.58. The van der Waals surface area contributed by atoms with Crippen LogP contribution in [0, 0.1) is 0 Å². The minimum Gasteiger partial charge on any atom is -0.486 e. The monoisotopic (exact) mass is 280 g/mol. The molecule has 2 aliphatic rings. The Kier molecular flexibility index (Phi) is 3.75. The lowest BCUT2D eigenvalue weighted by Crippen LogP contribution is -2.31. The molecule has 2 aliphatic heterocycles. The van der Waals surface area contributed by atoms with E-state index in [-0.39, 0.29) is 0 Å². The van der Waals surface area contributed by atoms with E-state index in [9.17, 15) is 0 Å². The zero-order valence-corrected chi connectivity index (χ0v) is 12.0. The third-order valence-corrected chi connectivity index (χ3v) is 4.90. The molecule has 4 nitrogen and oxygen atoms in total. The van der Waals surface area contributed by atoms with Crippen LogP contribution in [0.3, 0.4) is 0 Å². The maximum Gasteiger partial charge on any atom is 0.163 e. The molecule has 0 amide bonds. The summed E-state index contributed by atoms with van der Waals surface area (Å²) in [5.41, 5.74) is 8.05. The molecule has 5 heteroatoms. The summed E-state index contributed by atoms with van der Waals surface area (Å²) >= 11 is 2.03. The molecule has 19 heavy (non-hydrogen) atoms. The molecule has 1 atom stereocenters. The maximum absolute atomic E-state index is 6.12. The fraction of sp³-hybridized carbons (Fsp3) is 0.571. The lowest BCUT2D eigenvalue weighted by Gasteiger charge is -2.25. The molecule has 104 valence electrons. The van der Waals surface area contributed by atoms with E-state index < -0.39 is 0 Å². The van der Waals surface area contributed by atoms with E-state index in [4.69, 9.17) is 15.2 Å². The van der Waals surface area contributed by atoms with Crippen LogP contribution in [-0.4, -0.2) is 42.7 Å². The van der Waals surface area contributed by atoms with Crippen molar-refractivity contribution in [3.8, 4) is 11.5 Å². The smallest absolute Gasteiger partial charge is 0.163 e. The molecule has 0 bridgehead atoms. The first-order chi connectivity index (χ1) is 9.24. The molecule has 0 spiro atoms. The molecule has 3 rings (SSSR count). The highest BCUT2D eigenvalue weighted by Gasteiger charge is 2.22. The lowest BCUT2D eigenvalue weighted by atomic mass is 10.1. The maximum atomic E-state index is 6.12. The summed E-state index contributed by atoms with van der Waals surface area (Å²) < 4.78 is 11.2. The van der Waals surface area contributed by atoms with E-state index in [0.29, 0.717) is 19.3 Å². The van der Waals surface area contributed by atoms with E-state index in [0.717, 1.165) is 29.3 Å². The normalized spacial score (nSPS) is 21.9. The Labute approximate surface area is 118 Å². The summed E-state index contributed by atoms with van der Waals surface area (Å²) in [4.78, 5) is 2.39. The van der Waals surface area contributed by atoms with Crippen LogP contribution in [0.15, 0.2) is 12.1 Å². The number of hydrogen-bond acceptors (Lipinski definition) is 5. The van der Waals surface area contributed by atoms with Crippen molar-refractivity contribution in [1.29, 1.82) is 0 Å². The SMILES string of the molecule is CN(Cc1cc2c(cc1N)OCCO2)C1CCSC1. The highest BCUT2D eigenvalue weighted by molar-refractivity contribution is 7.99. The Morgan fingerprint density at radius 1 is 1.32 bits per heavy atom. The fourth-order valence-corrected chi connectivity index (χ4v) is 3.85. The first-order valence-corrected chi connectivity index (χ1v) is 7.85. The molecular weight excluding hydrogens is 260 g/mol. The van der Waals surface area contributed by atoms with Crippen molar-refractivity contribution in [3.63, 3.8) is 0 Å². The Balaban J connectivity index is 1.76. The predicted octanol–water partition coefficient (Wildman–Crippen LogP) is 1.98. The third-order valence-electron chi connectivity index (χ3n) is 3.75. The van der Waals surface area contributed by atoms with Crippen LogP contribution < -0.4 is 15.2 Å². The van der Waals surface area contributed by atoms with Crippen molar-refractivity contribution in [2.75, 3.05) is 37.5 Å². The molecule has 2 heterocycles. The number of thioether (sulfide) groups is 1. The van der Waals surface area contributed by atoms with Gasteiger partial charge in [0, 0.05) is 30.1 Å². The van der Waals surface area contributed by atoms with Crippen molar-refractivity contribution >= 4 is 17.4 Å². The third kappa shape index (κ3) is 2.77. The number of rotatable bonds is 3. The standard InChI is InChI=1S/C14H20N2O2S/c1-16(11-2-5-19-9-11)8-10-6-13-14(7-12(10)15)18-4-3-17-13/h6-7,11H,2-5,8-9,15H2,1H3. The van der Waals surface area contributed by atoms with Gasteiger partial charge in [-0.05, 0) is 30.9 Å². The quantitative estimate of drug-likeness (QED) is 0.858. The summed E-state index contributed by atoms with van der Waals surface area (Å²) in [5, 5.41) is 0. The molecule has 1 aromatic rings. The second-order valence-corrected chi connectivity index (χ2v) is 6.28. The van der Waals surface area contributed by atoms with E-state index >= 15 is 0 Å². The van der Waals surface area contributed by atoms with Gasteiger partial charge in [0.2, 0.25) is 0 Å². The van der Waals surface area contributed by atoms with Gasteiger partial charge in [-0.3, -0.25) is 4.90 Å². The van der Waals surface area contributed by atoms with Gasteiger partial charge < -0.3 is 15.2 Å². The summed E-state index contributed by atoms with van der Waals surface area (Å²) in [6.45, 7) is 2.09. The van der Waals surface area contributed by atoms with Gasteiger partial charge in [0.25, 0.3) is 0 Å². The van der Waals surface area contributed by atoms with Crippen molar-refractivity contribution in [1.82, 2.24) is 4.90 Å². The van der Waals surface area contributed by atoms with Gasteiger partial charge in [-0.2, -0.15) is 11.8 Å². The Morgan fingerprint density at radius 2 is 2.05 bits per heavy atom. The summed E-state index contributed by atoms with van der Waals surface area (Å²) in [6.07, 6.45) is 1.27. The van der Waals surface area contributed by atoms with Crippen molar-refractivity contribution in [3.05, 3.63) is 17.7 Å². The van der Waals surface area contributed by atoms with Crippen LogP contribution in [0.1, 0.15) is 12.0 Å². The fourth-order valence-electron chi connectivity index (χ4n) is 2.55. The highest BCUT2D eigenvalue weighted by atomic mass is 32.2. The molecule has 0 aliphatic carbocycles. The molecule has 1 saturated heterocycles. The highest BCUT2D eigenvalue weighted by Crippen LogP contribution is 2.35. The number of nitrogen functional groups attached to an aromatic ring is 1. The second kappa shape index (κ2) is 5.51. The largest absolute Gasteiger partial charge is 0.486 e. The van der Waals surface area contributed by atoms with Crippen molar-refractivity contribution in [2.24, 2.45) is 0 Å². The molecule has 0 saturated carbocycles. The van der Waals surface area contributed by atoms with Crippen molar-refractivity contribution < 1.29 is 9.47 Å². The van der Waals surface area contributed by atoms with E-state index in [1.54, 1.807) is 0 Å². The van der Waals surface area contributed by atoms with Gasteiger partial charge in [-0.25, -0.2) is 0 Å². The van der Waals surface area contributed by atoms with Crippen LogP contribution in [0.5, 0.6) is 11.5 Å². The average molecular weight is 280 g/mol. The Morgan fingerprint density at radius 3 is 2.74 bits per heavy atom. The van der Waals surface area contributed by atoms with Gasteiger partial charge in [0.15, 0.2) is 11.5 Å². The summed E-state index contributed by atoms with van der Waals surface area (Å²) in [7, 11) is 2.17. The number of anilines is 1. The number of nitrogens with two attached hydrogens (primary N) is 1. The molecule has 2 N–H and O–H groups in total. The van der Waals surface area contributed by atoms with E-state index in [2.05, 4.69) is 11.9 Å². The van der Waals surface area contributed by atoms with Gasteiger partial charge in [-0.15, -0.1) is 0 Å². The topological polar surface area (TPSA) is 47.7 Å². The zero-order chi connectivity index (χ0) is 13.2. The number of fused-ring (bicyclic) bond motifs is 1. The first kappa shape index (κ1) is 12.9. The minimum atomic E-state index is 0.602. The van der Waals surface area contributed by atoms with E-state index in [1.165, 1.54) is 17.9 Å². The number of hydrogen-bond donors (Lipinski definition) is 1. The lowest BCUT2D eigenvalue weighted by molar-refractivity contribution is 0.171. The number of ether oxygens (including phenoxy) is 2.